The van der Waals surface area contributed by atoms with Crippen molar-refractivity contribution in [3.05, 3.63) is 75.8 Å². The van der Waals surface area contributed by atoms with E-state index >= 15 is 0 Å². The minimum Gasteiger partial charge on any atom is -0.506 e. The minimum absolute atomic E-state index is 0.116. The lowest BCUT2D eigenvalue weighted by Gasteiger charge is -2.08. The van der Waals surface area contributed by atoms with Crippen LogP contribution >= 0.6 is 0 Å². The van der Waals surface area contributed by atoms with E-state index in [0.717, 1.165) is 0 Å². The van der Waals surface area contributed by atoms with Gasteiger partial charge >= 0.3 is 0 Å². The van der Waals surface area contributed by atoms with Crippen molar-refractivity contribution < 1.29 is 14.3 Å². The van der Waals surface area contributed by atoms with Crippen LogP contribution in [0, 0.1) is 5.82 Å². The van der Waals surface area contributed by atoms with E-state index in [0.29, 0.717) is 16.5 Å². The van der Waals surface area contributed by atoms with Crippen LogP contribution in [0.4, 0.5) is 4.39 Å². The highest BCUT2D eigenvalue weighted by atomic mass is 19.1. The second-order valence-corrected chi connectivity index (χ2v) is 5.03. The van der Waals surface area contributed by atoms with Crippen molar-refractivity contribution in [2.45, 2.75) is 6.54 Å². The summed E-state index contributed by atoms with van der Waals surface area (Å²) in [7, 11) is 0. The molecule has 116 valence electrons. The molecule has 2 aromatic carbocycles. The summed E-state index contributed by atoms with van der Waals surface area (Å²) in [4.78, 5) is 26.8. The third-order valence-corrected chi connectivity index (χ3v) is 3.49. The molecule has 0 aliphatic rings. The first-order chi connectivity index (χ1) is 11.1. The van der Waals surface area contributed by atoms with Crippen molar-refractivity contribution in [1.29, 1.82) is 0 Å². The molecular weight excluding hydrogens is 299 g/mol. The van der Waals surface area contributed by atoms with E-state index in [-0.39, 0.29) is 23.7 Å². The molecule has 0 fully saturated rings. The van der Waals surface area contributed by atoms with Gasteiger partial charge < -0.3 is 15.4 Å². The van der Waals surface area contributed by atoms with Gasteiger partial charge in [-0.2, -0.15) is 0 Å². The van der Waals surface area contributed by atoms with Crippen molar-refractivity contribution >= 4 is 16.8 Å². The fourth-order valence-electron chi connectivity index (χ4n) is 2.31. The molecule has 0 spiro atoms. The number of aromatic amines is 1. The molecule has 0 saturated heterocycles. The Labute approximate surface area is 130 Å². The first kappa shape index (κ1) is 14.8. The number of benzene rings is 2. The van der Waals surface area contributed by atoms with Crippen LogP contribution < -0.4 is 10.9 Å². The second kappa shape index (κ2) is 5.92. The normalized spacial score (nSPS) is 10.7. The summed E-state index contributed by atoms with van der Waals surface area (Å²) in [6, 6.07) is 12.3. The lowest BCUT2D eigenvalue weighted by Crippen LogP contribution is -2.29. The van der Waals surface area contributed by atoms with Gasteiger partial charge in [0.25, 0.3) is 11.5 Å². The maximum Gasteiger partial charge on any atom is 0.265 e. The first-order valence-electron chi connectivity index (χ1n) is 6.93. The van der Waals surface area contributed by atoms with E-state index in [1.54, 1.807) is 24.3 Å². The number of hydrogen-bond donors (Lipinski definition) is 3. The van der Waals surface area contributed by atoms with Gasteiger partial charge in [-0.3, -0.25) is 9.59 Å². The Kier molecular flexibility index (Phi) is 3.80. The van der Waals surface area contributed by atoms with Crippen LogP contribution in [0.3, 0.4) is 0 Å². The van der Waals surface area contributed by atoms with Crippen LogP contribution in [0.1, 0.15) is 15.9 Å². The third kappa shape index (κ3) is 2.91. The van der Waals surface area contributed by atoms with Crippen molar-refractivity contribution in [3.63, 3.8) is 0 Å². The average molecular weight is 312 g/mol. The Morgan fingerprint density at radius 3 is 2.57 bits per heavy atom. The van der Waals surface area contributed by atoms with E-state index in [1.807, 2.05) is 0 Å². The molecule has 0 bridgehead atoms. The fraction of sp³-hybridized carbons (Fsp3) is 0.0588. The van der Waals surface area contributed by atoms with Gasteiger partial charge in [-0.25, -0.2) is 4.39 Å². The summed E-state index contributed by atoms with van der Waals surface area (Å²) >= 11 is 0. The van der Waals surface area contributed by atoms with Gasteiger partial charge in [0.2, 0.25) is 0 Å². The summed E-state index contributed by atoms with van der Waals surface area (Å²) in [5, 5.41) is 13.1. The molecule has 3 aromatic rings. The van der Waals surface area contributed by atoms with Crippen molar-refractivity contribution in [2.24, 2.45) is 0 Å². The number of fused-ring (bicyclic) bond motifs is 1. The Balaban J connectivity index is 1.89. The molecular formula is C17H13FN2O3. The maximum absolute atomic E-state index is 12.8. The van der Waals surface area contributed by atoms with E-state index in [2.05, 4.69) is 10.3 Å². The number of H-pyrrole nitrogens is 1. The van der Waals surface area contributed by atoms with Crippen LogP contribution in [0.5, 0.6) is 5.75 Å². The Hall–Kier alpha value is -3.15. The zero-order valence-corrected chi connectivity index (χ0v) is 12.0. The smallest absolute Gasteiger partial charge is 0.265 e. The Morgan fingerprint density at radius 1 is 1.13 bits per heavy atom. The number of aromatic nitrogens is 1. The van der Waals surface area contributed by atoms with E-state index in [4.69, 9.17) is 0 Å². The van der Waals surface area contributed by atoms with E-state index in [9.17, 15) is 19.1 Å². The van der Waals surface area contributed by atoms with Gasteiger partial charge in [-0.1, -0.05) is 24.3 Å². The highest BCUT2D eigenvalue weighted by molar-refractivity contribution is 6.01. The number of nitrogens with one attached hydrogen (secondary N) is 2. The number of rotatable bonds is 3. The van der Waals surface area contributed by atoms with Gasteiger partial charge in [0, 0.05) is 11.9 Å². The van der Waals surface area contributed by atoms with Gasteiger partial charge in [-0.15, -0.1) is 0 Å². The number of halogens is 1. The molecule has 3 N–H and O–H groups in total. The minimum atomic E-state index is -0.696. The van der Waals surface area contributed by atoms with Crippen molar-refractivity contribution in [2.75, 3.05) is 0 Å². The number of carbonyl (C=O) groups is 1. The third-order valence-electron chi connectivity index (χ3n) is 3.49. The average Bonchev–Trinajstić information content (AvgIpc) is 2.54. The second-order valence-electron chi connectivity index (χ2n) is 5.03. The molecule has 1 amide bonds. The predicted octanol–water partition coefficient (Wildman–Crippen LogP) is 2.30. The van der Waals surface area contributed by atoms with Gasteiger partial charge in [0.1, 0.15) is 17.1 Å². The Morgan fingerprint density at radius 2 is 1.83 bits per heavy atom. The summed E-state index contributed by atoms with van der Waals surface area (Å²) in [5.41, 5.74) is 0.116. The zero-order valence-electron chi connectivity index (χ0n) is 12.0. The highest BCUT2D eigenvalue weighted by Crippen LogP contribution is 2.24. The van der Waals surface area contributed by atoms with Crippen molar-refractivity contribution in [3.8, 4) is 5.75 Å². The lowest BCUT2D eigenvalue weighted by molar-refractivity contribution is 0.0947. The first-order valence-corrected chi connectivity index (χ1v) is 6.93. The largest absolute Gasteiger partial charge is 0.506 e. The number of para-hydroxylation sites is 1. The molecule has 1 aromatic heterocycles. The van der Waals surface area contributed by atoms with Crippen LogP contribution in [0.2, 0.25) is 0 Å². The fourth-order valence-corrected chi connectivity index (χ4v) is 2.31. The molecule has 23 heavy (non-hydrogen) atoms. The molecule has 3 rings (SSSR count). The summed E-state index contributed by atoms with van der Waals surface area (Å²) in [6.45, 7) is 0.116. The number of amides is 1. The number of aromatic hydroxyl groups is 1. The number of pyridine rings is 1. The van der Waals surface area contributed by atoms with Gasteiger partial charge in [-0.05, 0) is 29.8 Å². The molecule has 0 unspecified atom stereocenters. The van der Waals surface area contributed by atoms with Crippen LogP contribution in [0.15, 0.2) is 53.3 Å². The number of carbonyl (C=O) groups excluding carboxylic acids is 1. The Bertz CT molecular complexity index is 933. The quantitative estimate of drug-likeness (QED) is 0.694. The van der Waals surface area contributed by atoms with Crippen molar-refractivity contribution in [1.82, 2.24) is 10.3 Å². The van der Waals surface area contributed by atoms with Crippen LogP contribution in [-0.2, 0) is 6.54 Å². The zero-order chi connectivity index (χ0) is 16.4. The van der Waals surface area contributed by atoms with Gasteiger partial charge in [0.05, 0.1) is 5.52 Å². The summed E-state index contributed by atoms with van der Waals surface area (Å²) < 4.78 is 12.8. The monoisotopic (exact) mass is 312 g/mol. The summed E-state index contributed by atoms with van der Waals surface area (Å²) in [5.74, 6) is -1.43. The molecule has 0 aliphatic heterocycles. The molecule has 0 aliphatic carbocycles. The summed E-state index contributed by atoms with van der Waals surface area (Å²) in [6.07, 6.45) is 0. The highest BCUT2D eigenvalue weighted by Gasteiger charge is 2.18. The molecule has 0 radical (unpaired) electrons. The standard InChI is InChI=1S/C17H13FN2O3/c18-11-7-5-10(6-8-11)9-19-16(22)14-15(21)12-3-1-2-4-13(12)20-17(14)23/h1-8H,9H2,(H,19,22)(H2,20,21,23). The molecule has 5 nitrogen and oxygen atoms in total. The maximum atomic E-state index is 12.8. The molecule has 0 atom stereocenters. The molecule has 1 heterocycles. The topological polar surface area (TPSA) is 82.2 Å². The predicted molar refractivity (Wildman–Crippen MR) is 83.8 cm³/mol. The van der Waals surface area contributed by atoms with E-state index < -0.39 is 11.5 Å². The molecule has 6 heteroatoms. The van der Waals surface area contributed by atoms with Crippen LogP contribution in [0.25, 0.3) is 10.9 Å². The van der Waals surface area contributed by atoms with E-state index in [1.165, 1.54) is 24.3 Å². The molecule has 0 saturated carbocycles. The number of hydrogen-bond acceptors (Lipinski definition) is 3. The van der Waals surface area contributed by atoms with Gasteiger partial charge in [0.15, 0.2) is 0 Å². The SMILES string of the molecule is O=C(NCc1ccc(F)cc1)c1c(O)c2ccccc2[nH]c1=O. The van der Waals surface area contributed by atoms with Crippen LogP contribution in [-0.4, -0.2) is 16.0 Å². The lowest BCUT2D eigenvalue weighted by atomic mass is 10.1.